The van der Waals surface area contributed by atoms with Crippen molar-refractivity contribution < 1.29 is 19.8 Å². The van der Waals surface area contributed by atoms with Gasteiger partial charge in [0.25, 0.3) is 0 Å². The first-order valence-electron chi connectivity index (χ1n) is 2.62. The zero-order valence-corrected chi connectivity index (χ0v) is 5.84. The van der Waals surface area contributed by atoms with Crippen molar-refractivity contribution in [2.24, 2.45) is 0 Å². The molecule has 0 aromatic heterocycles. The second-order valence-electron chi connectivity index (χ2n) is 1.74. The molecule has 5 heteroatoms. The normalized spacial score (nSPS) is 12.5. The maximum absolute atomic E-state index is 9.99. The van der Waals surface area contributed by atoms with Gasteiger partial charge in [0.2, 0.25) is 0 Å². The van der Waals surface area contributed by atoms with Crippen LogP contribution in [0, 0.1) is 0 Å². The molecule has 0 unspecified atom stereocenters. The van der Waals surface area contributed by atoms with E-state index >= 15 is 0 Å². The van der Waals surface area contributed by atoms with Crippen molar-refractivity contribution in [2.75, 3.05) is 0 Å². The van der Waals surface area contributed by atoms with Crippen LogP contribution in [0.5, 0.6) is 0 Å². The van der Waals surface area contributed by atoms with Crippen LogP contribution in [-0.4, -0.2) is 27.5 Å². The van der Waals surface area contributed by atoms with E-state index in [0.29, 0.717) is 0 Å². The highest BCUT2D eigenvalue weighted by atomic mass is 35.5. The average molecular weight is 167 g/mol. The standard InChI is InChI=1S/C5H7ClO4/c6-3(5(9)10)1-2-4(7)8/h3H,1-2H2,(H,7,8)(H,9,10)/t3-/m0/s1. The summed E-state index contributed by atoms with van der Waals surface area (Å²) < 4.78 is 0. The molecular weight excluding hydrogens is 160 g/mol. The zero-order chi connectivity index (χ0) is 8.15. The maximum atomic E-state index is 9.99. The smallest absolute Gasteiger partial charge is 0.321 e. The van der Waals surface area contributed by atoms with E-state index in [1.165, 1.54) is 0 Å². The Morgan fingerprint density at radius 1 is 1.40 bits per heavy atom. The second kappa shape index (κ2) is 4.11. The van der Waals surface area contributed by atoms with Gasteiger partial charge >= 0.3 is 11.9 Å². The average Bonchev–Trinajstić information content (AvgIpc) is 1.82. The van der Waals surface area contributed by atoms with Crippen LogP contribution < -0.4 is 0 Å². The highest BCUT2D eigenvalue weighted by molar-refractivity contribution is 6.29. The number of halogens is 1. The van der Waals surface area contributed by atoms with E-state index in [0.717, 1.165) is 0 Å². The lowest BCUT2D eigenvalue weighted by Crippen LogP contribution is -2.14. The Hall–Kier alpha value is -0.770. The molecule has 0 heterocycles. The SMILES string of the molecule is O=C(O)CC[C@H](Cl)C(=O)O. The largest absolute Gasteiger partial charge is 0.481 e. The van der Waals surface area contributed by atoms with Crippen LogP contribution >= 0.6 is 11.6 Å². The van der Waals surface area contributed by atoms with Gasteiger partial charge in [-0.2, -0.15) is 0 Å². The molecule has 0 radical (unpaired) electrons. The summed E-state index contributed by atoms with van der Waals surface area (Å²) in [5.74, 6) is -2.21. The summed E-state index contributed by atoms with van der Waals surface area (Å²) in [6.45, 7) is 0. The third-order valence-corrected chi connectivity index (χ3v) is 1.28. The highest BCUT2D eigenvalue weighted by Gasteiger charge is 2.14. The topological polar surface area (TPSA) is 74.6 Å². The van der Waals surface area contributed by atoms with Crippen molar-refractivity contribution in [2.45, 2.75) is 18.2 Å². The van der Waals surface area contributed by atoms with E-state index in [1.807, 2.05) is 0 Å². The van der Waals surface area contributed by atoms with Gasteiger partial charge in [-0.25, -0.2) is 0 Å². The van der Waals surface area contributed by atoms with E-state index in [9.17, 15) is 9.59 Å². The summed E-state index contributed by atoms with van der Waals surface area (Å²) in [5.41, 5.74) is 0. The van der Waals surface area contributed by atoms with Crippen LogP contribution in [0.25, 0.3) is 0 Å². The first-order valence-corrected chi connectivity index (χ1v) is 3.06. The van der Waals surface area contributed by atoms with E-state index < -0.39 is 17.3 Å². The van der Waals surface area contributed by atoms with Gasteiger partial charge < -0.3 is 10.2 Å². The molecule has 0 aliphatic carbocycles. The molecule has 1 atom stereocenters. The molecule has 0 saturated heterocycles. The van der Waals surface area contributed by atoms with Crippen LogP contribution in [0.3, 0.4) is 0 Å². The molecule has 0 aliphatic heterocycles. The summed E-state index contributed by atoms with van der Waals surface area (Å²) >= 11 is 5.20. The maximum Gasteiger partial charge on any atom is 0.321 e. The first-order chi connectivity index (χ1) is 4.54. The molecule has 0 fully saturated rings. The van der Waals surface area contributed by atoms with Gasteiger partial charge in [0.1, 0.15) is 5.38 Å². The Balaban J connectivity index is 3.49. The molecule has 58 valence electrons. The molecule has 0 bridgehead atoms. The fourth-order valence-corrected chi connectivity index (χ4v) is 0.483. The van der Waals surface area contributed by atoms with Crippen LogP contribution in [-0.2, 0) is 9.59 Å². The van der Waals surface area contributed by atoms with Gasteiger partial charge in [-0.05, 0) is 6.42 Å². The van der Waals surface area contributed by atoms with Crippen molar-refractivity contribution in [3.63, 3.8) is 0 Å². The lowest BCUT2D eigenvalue weighted by molar-refractivity contribution is -0.138. The monoisotopic (exact) mass is 166 g/mol. The number of hydrogen-bond acceptors (Lipinski definition) is 2. The number of aliphatic carboxylic acids is 2. The van der Waals surface area contributed by atoms with E-state index in [4.69, 9.17) is 21.8 Å². The summed E-state index contributed by atoms with van der Waals surface area (Å²) in [4.78, 5) is 19.9. The number of rotatable bonds is 4. The third kappa shape index (κ3) is 4.14. The number of carboxylic acids is 2. The van der Waals surface area contributed by atoms with Gasteiger partial charge in [0.15, 0.2) is 0 Å². The molecule has 0 aliphatic rings. The summed E-state index contributed by atoms with van der Waals surface area (Å²) in [7, 11) is 0. The summed E-state index contributed by atoms with van der Waals surface area (Å²) in [6.07, 6.45) is -0.243. The van der Waals surface area contributed by atoms with Gasteiger partial charge in [0, 0.05) is 6.42 Å². The van der Waals surface area contributed by atoms with Crippen molar-refractivity contribution in [1.82, 2.24) is 0 Å². The van der Waals surface area contributed by atoms with Crippen molar-refractivity contribution in [1.29, 1.82) is 0 Å². The highest BCUT2D eigenvalue weighted by Crippen LogP contribution is 2.04. The minimum Gasteiger partial charge on any atom is -0.481 e. The summed E-state index contributed by atoms with van der Waals surface area (Å²) in [5, 5.41) is 15.2. The number of hydrogen-bond donors (Lipinski definition) is 2. The van der Waals surface area contributed by atoms with Crippen molar-refractivity contribution >= 4 is 23.5 Å². The Morgan fingerprint density at radius 3 is 2.20 bits per heavy atom. The van der Waals surface area contributed by atoms with Crippen LogP contribution in [0.1, 0.15) is 12.8 Å². The van der Waals surface area contributed by atoms with Crippen LogP contribution in [0.4, 0.5) is 0 Å². The van der Waals surface area contributed by atoms with Crippen LogP contribution in [0.2, 0.25) is 0 Å². The third-order valence-electron chi connectivity index (χ3n) is 0.880. The molecule has 0 saturated carbocycles. The molecule has 0 amide bonds. The quantitative estimate of drug-likeness (QED) is 0.598. The van der Waals surface area contributed by atoms with Crippen molar-refractivity contribution in [3.8, 4) is 0 Å². The molecule has 0 spiro atoms. The Labute approximate surface area is 62.4 Å². The molecule has 4 nitrogen and oxygen atoms in total. The molecule has 0 rings (SSSR count). The molecule has 10 heavy (non-hydrogen) atoms. The predicted molar refractivity (Wildman–Crippen MR) is 34.1 cm³/mol. The number of carbonyl (C=O) groups is 2. The molecular formula is C5H7ClO4. The Morgan fingerprint density at radius 2 is 1.90 bits per heavy atom. The second-order valence-corrected chi connectivity index (χ2v) is 2.27. The van der Waals surface area contributed by atoms with Gasteiger partial charge in [-0.1, -0.05) is 0 Å². The molecule has 0 aromatic rings. The lowest BCUT2D eigenvalue weighted by atomic mass is 10.2. The lowest BCUT2D eigenvalue weighted by Gasteiger charge is -1.98. The predicted octanol–water partition coefficient (Wildman–Crippen LogP) is 0.543. The van der Waals surface area contributed by atoms with Gasteiger partial charge in [-0.15, -0.1) is 11.6 Å². The minimum atomic E-state index is -1.18. The van der Waals surface area contributed by atoms with E-state index in [2.05, 4.69) is 0 Å². The zero-order valence-electron chi connectivity index (χ0n) is 5.08. The Kier molecular flexibility index (Phi) is 3.79. The van der Waals surface area contributed by atoms with E-state index in [1.54, 1.807) is 0 Å². The molecule has 2 N–H and O–H groups in total. The minimum absolute atomic E-state index is 0.0355. The molecule has 0 aromatic carbocycles. The van der Waals surface area contributed by atoms with E-state index in [-0.39, 0.29) is 12.8 Å². The van der Waals surface area contributed by atoms with Gasteiger partial charge in [0.05, 0.1) is 0 Å². The van der Waals surface area contributed by atoms with Crippen molar-refractivity contribution in [3.05, 3.63) is 0 Å². The van der Waals surface area contributed by atoms with Crippen LogP contribution in [0.15, 0.2) is 0 Å². The summed E-state index contributed by atoms with van der Waals surface area (Å²) in [6, 6.07) is 0. The first kappa shape index (κ1) is 9.23. The number of carboxylic acid groups (broad SMARTS) is 2. The number of alkyl halides is 1. The fraction of sp³-hybridized carbons (Fsp3) is 0.600. The van der Waals surface area contributed by atoms with Gasteiger partial charge in [-0.3, -0.25) is 9.59 Å². The fourth-order valence-electron chi connectivity index (χ4n) is 0.374. The Bertz CT molecular complexity index is 145.